The molecular weight excluding hydrogens is 330 g/mol. The fraction of sp³-hybridized carbons (Fsp3) is 0.316. The molecule has 1 fully saturated rings. The van der Waals surface area contributed by atoms with Crippen molar-refractivity contribution in [3.05, 3.63) is 59.8 Å². The number of carbonyl (C=O) groups excluding carboxylic acids is 2. The summed E-state index contributed by atoms with van der Waals surface area (Å²) in [4.78, 5) is 32.2. The van der Waals surface area contributed by atoms with Gasteiger partial charge in [-0.05, 0) is 29.8 Å². The van der Waals surface area contributed by atoms with Gasteiger partial charge in [-0.3, -0.25) is 4.79 Å². The molecule has 0 aliphatic carbocycles. The fourth-order valence-electron chi connectivity index (χ4n) is 2.89. The van der Waals surface area contributed by atoms with Crippen molar-refractivity contribution < 1.29 is 9.59 Å². The van der Waals surface area contributed by atoms with Gasteiger partial charge in [0.25, 0.3) is 5.91 Å². The third-order valence-corrected chi connectivity index (χ3v) is 4.43. The quantitative estimate of drug-likeness (QED) is 0.873. The second-order valence-corrected chi connectivity index (χ2v) is 6.10. The van der Waals surface area contributed by atoms with E-state index in [9.17, 15) is 9.59 Å². The van der Waals surface area contributed by atoms with E-state index in [0.29, 0.717) is 25.2 Å². The largest absolute Gasteiger partial charge is 0.355 e. The average Bonchev–Trinajstić information content (AvgIpc) is 2.72. The summed E-state index contributed by atoms with van der Waals surface area (Å²) in [6, 6.07) is 13.0. The molecule has 7 heteroatoms. The van der Waals surface area contributed by atoms with Crippen molar-refractivity contribution >= 4 is 17.8 Å². The number of nitrogens with one attached hydrogen (secondary N) is 2. The molecule has 1 aliphatic heterocycles. The van der Waals surface area contributed by atoms with Crippen molar-refractivity contribution in [2.75, 3.05) is 38.1 Å². The predicted octanol–water partition coefficient (Wildman–Crippen LogP) is 1.47. The SMILES string of the molecule is CNC(=O)c1ccc(CNC(=O)N2CCN(c3ccccn3)CC2)cc1. The van der Waals surface area contributed by atoms with E-state index in [-0.39, 0.29) is 11.9 Å². The molecule has 0 spiro atoms. The minimum Gasteiger partial charge on any atom is -0.355 e. The normalized spacial score (nSPS) is 14.0. The second kappa shape index (κ2) is 8.33. The molecule has 1 aliphatic rings. The molecule has 136 valence electrons. The van der Waals surface area contributed by atoms with Gasteiger partial charge in [-0.25, -0.2) is 9.78 Å². The highest BCUT2D eigenvalue weighted by molar-refractivity contribution is 5.93. The van der Waals surface area contributed by atoms with E-state index in [1.807, 2.05) is 35.2 Å². The van der Waals surface area contributed by atoms with Crippen LogP contribution in [0.15, 0.2) is 48.7 Å². The van der Waals surface area contributed by atoms with Crippen LogP contribution in [0, 0.1) is 0 Å². The summed E-state index contributed by atoms with van der Waals surface area (Å²) in [7, 11) is 1.60. The third-order valence-electron chi connectivity index (χ3n) is 4.43. The van der Waals surface area contributed by atoms with E-state index >= 15 is 0 Å². The molecule has 0 atom stereocenters. The van der Waals surface area contributed by atoms with Crippen LogP contribution in [0.2, 0.25) is 0 Å². The van der Waals surface area contributed by atoms with Crippen molar-refractivity contribution in [1.29, 1.82) is 0 Å². The standard InChI is InChI=1S/C19H23N5O2/c1-20-18(25)16-7-5-15(6-8-16)14-22-19(26)24-12-10-23(11-13-24)17-4-2-3-9-21-17/h2-9H,10-14H2,1H3,(H,20,25)(H,22,26). The van der Waals surface area contributed by atoms with Gasteiger partial charge in [-0.2, -0.15) is 0 Å². The van der Waals surface area contributed by atoms with Crippen LogP contribution in [0.4, 0.5) is 10.6 Å². The fourth-order valence-corrected chi connectivity index (χ4v) is 2.89. The molecule has 1 aromatic carbocycles. The topological polar surface area (TPSA) is 77.6 Å². The van der Waals surface area contributed by atoms with Crippen molar-refractivity contribution in [1.82, 2.24) is 20.5 Å². The Morgan fingerprint density at radius 1 is 1.04 bits per heavy atom. The number of piperazine rings is 1. The summed E-state index contributed by atoms with van der Waals surface area (Å²) in [6.07, 6.45) is 1.78. The van der Waals surface area contributed by atoms with Crippen molar-refractivity contribution in [2.24, 2.45) is 0 Å². The maximum Gasteiger partial charge on any atom is 0.317 e. The first-order valence-corrected chi connectivity index (χ1v) is 8.67. The Bertz CT molecular complexity index is 740. The van der Waals surface area contributed by atoms with Crippen LogP contribution in [0.25, 0.3) is 0 Å². The lowest BCUT2D eigenvalue weighted by Gasteiger charge is -2.35. The van der Waals surface area contributed by atoms with Gasteiger partial charge >= 0.3 is 6.03 Å². The van der Waals surface area contributed by atoms with Gasteiger partial charge < -0.3 is 20.4 Å². The molecule has 1 saturated heterocycles. The van der Waals surface area contributed by atoms with Crippen molar-refractivity contribution in [3.8, 4) is 0 Å². The number of hydrogen-bond acceptors (Lipinski definition) is 4. The van der Waals surface area contributed by atoms with Crippen molar-refractivity contribution in [2.45, 2.75) is 6.54 Å². The van der Waals surface area contributed by atoms with Crippen LogP contribution in [0.5, 0.6) is 0 Å². The van der Waals surface area contributed by atoms with Crippen molar-refractivity contribution in [3.63, 3.8) is 0 Å². The lowest BCUT2D eigenvalue weighted by atomic mass is 10.1. The first-order chi connectivity index (χ1) is 12.7. The van der Waals surface area contributed by atoms with Gasteiger partial charge in [0.05, 0.1) is 0 Å². The molecule has 1 aromatic heterocycles. The molecule has 0 bridgehead atoms. The van der Waals surface area contributed by atoms with E-state index in [4.69, 9.17) is 0 Å². The smallest absolute Gasteiger partial charge is 0.317 e. The number of anilines is 1. The predicted molar refractivity (Wildman–Crippen MR) is 100 cm³/mol. The van der Waals surface area contributed by atoms with E-state index in [2.05, 4.69) is 20.5 Å². The Morgan fingerprint density at radius 3 is 2.38 bits per heavy atom. The molecular formula is C19H23N5O2. The average molecular weight is 353 g/mol. The highest BCUT2D eigenvalue weighted by Crippen LogP contribution is 2.12. The van der Waals surface area contributed by atoms with E-state index in [1.54, 1.807) is 25.4 Å². The number of pyridine rings is 1. The van der Waals surface area contributed by atoms with Gasteiger partial charge in [-0.1, -0.05) is 18.2 Å². The van der Waals surface area contributed by atoms with E-state index in [0.717, 1.165) is 24.5 Å². The number of urea groups is 1. The van der Waals surface area contributed by atoms with Crippen LogP contribution in [0.3, 0.4) is 0 Å². The van der Waals surface area contributed by atoms with Crippen LogP contribution < -0.4 is 15.5 Å². The molecule has 2 N–H and O–H groups in total. The van der Waals surface area contributed by atoms with Gasteiger partial charge in [0.2, 0.25) is 0 Å². The number of carbonyl (C=O) groups is 2. The monoisotopic (exact) mass is 353 g/mol. The third kappa shape index (κ3) is 4.30. The summed E-state index contributed by atoms with van der Waals surface area (Å²) < 4.78 is 0. The molecule has 2 heterocycles. The van der Waals surface area contributed by atoms with E-state index < -0.39 is 0 Å². The first kappa shape index (κ1) is 17.7. The van der Waals surface area contributed by atoms with E-state index in [1.165, 1.54) is 0 Å². The Hall–Kier alpha value is -3.09. The zero-order chi connectivity index (χ0) is 18.4. The highest BCUT2D eigenvalue weighted by Gasteiger charge is 2.21. The first-order valence-electron chi connectivity index (χ1n) is 8.67. The maximum atomic E-state index is 12.4. The van der Waals surface area contributed by atoms with Crippen LogP contribution in [-0.2, 0) is 6.54 Å². The van der Waals surface area contributed by atoms with Crippen LogP contribution in [-0.4, -0.2) is 55.0 Å². The molecule has 2 aromatic rings. The Kier molecular flexibility index (Phi) is 5.68. The number of hydrogen-bond donors (Lipinski definition) is 2. The molecule has 26 heavy (non-hydrogen) atoms. The van der Waals surface area contributed by atoms with Gasteiger partial charge in [-0.15, -0.1) is 0 Å². The number of aromatic nitrogens is 1. The van der Waals surface area contributed by atoms with Gasteiger partial charge in [0.1, 0.15) is 5.82 Å². The number of benzene rings is 1. The number of amides is 3. The summed E-state index contributed by atoms with van der Waals surface area (Å²) in [5.74, 6) is 0.829. The summed E-state index contributed by atoms with van der Waals surface area (Å²) in [5, 5.41) is 5.52. The molecule has 7 nitrogen and oxygen atoms in total. The lowest BCUT2D eigenvalue weighted by molar-refractivity contribution is 0.0963. The second-order valence-electron chi connectivity index (χ2n) is 6.10. The molecule has 3 rings (SSSR count). The maximum absolute atomic E-state index is 12.4. The van der Waals surface area contributed by atoms with Crippen LogP contribution >= 0.6 is 0 Å². The van der Waals surface area contributed by atoms with Crippen LogP contribution in [0.1, 0.15) is 15.9 Å². The highest BCUT2D eigenvalue weighted by atomic mass is 16.2. The molecule has 0 saturated carbocycles. The Balaban J connectivity index is 1.46. The Morgan fingerprint density at radius 2 is 1.77 bits per heavy atom. The Labute approximate surface area is 153 Å². The summed E-state index contributed by atoms with van der Waals surface area (Å²) in [5.41, 5.74) is 1.56. The number of rotatable bonds is 4. The molecule has 0 unspecified atom stereocenters. The van der Waals surface area contributed by atoms with Gasteiger partial charge in [0, 0.05) is 51.5 Å². The van der Waals surface area contributed by atoms with Gasteiger partial charge in [0.15, 0.2) is 0 Å². The summed E-state index contributed by atoms with van der Waals surface area (Å²) >= 11 is 0. The number of nitrogens with zero attached hydrogens (tertiary/aromatic N) is 3. The zero-order valence-electron chi connectivity index (χ0n) is 14.8. The molecule has 0 radical (unpaired) electrons. The minimum atomic E-state index is -0.119. The summed E-state index contributed by atoms with van der Waals surface area (Å²) in [6.45, 7) is 3.31. The molecule has 3 amide bonds. The zero-order valence-corrected chi connectivity index (χ0v) is 14.8. The minimum absolute atomic E-state index is 0.0685. The lowest BCUT2D eigenvalue weighted by Crippen LogP contribution is -2.51.